The van der Waals surface area contributed by atoms with Crippen molar-refractivity contribution in [2.24, 2.45) is 0 Å². The average Bonchev–Trinajstić information content (AvgIpc) is 2.75. The van der Waals surface area contributed by atoms with Gasteiger partial charge in [-0.2, -0.15) is 13.2 Å². The maximum atomic E-state index is 13.3. The quantitative estimate of drug-likeness (QED) is 0.815. The fourth-order valence-electron chi connectivity index (χ4n) is 2.27. The molecule has 1 N–H and O–H groups in total. The lowest BCUT2D eigenvalue weighted by Gasteiger charge is -2.28. The van der Waals surface area contributed by atoms with Gasteiger partial charge in [0.25, 0.3) is 5.91 Å². The van der Waals surface area contributed by atoms with E-state index < -0.39 is 23.8 Å². The Hall–Kier alpha value is -2.09. The number of carbonyl (C=O) groups is 2. The summed E-state index contributed by atoms with van der Waals surface area (Å²) in [6, 6.07) is 7.77. The first-order chi connectivity index (χ1) is 10.8. The summed E-state index contributed by atoms with van der Waals surface area (Å²) in [7, 11) is 0. The van der Waals surface area contributed by atoms with Crippen molar-refractivity contribution in [3.8, 4) is 0 Å². The van der Waals surface area contributed by atoms with E-state index in [4.69, 9.17) is 4.74 Å². The lowest BCUT2D eigenvalue weighted by atomic mass is 10.1. The van der Waals surface area contributed by atoms with Crippen LogP contribution in [0.4, 0.5) is 18.0 Å². The monoisotopic (exact) mass is 330 g/mol. The molecular formula is C15H17F3N2O3. The fourth-order valence-corrected chi connectivity index (χ4v) is 2.27. The van der Waals surface area contributed by atoms with E-state index in [0.717, 1.165) is 5.56 Å². The van der Waals surface area contributed by atoms with Gasteiger partial charge in [0.15, 0.2) is 0 Å². The van der Waals surface area contributed by atoms with Gasteiger partial charge in [0, 0.05) is 6.54 Å². The van der Waals surface area contributed by atoms with Crippen LogP contribution in [0.5, 0.6) is 0 Å². The molecule has 8 heteroatoms. The standard InChI is InChI=1S/C15H17F3N2O3/c1-2-10-23-14(15(16,17)18)12(21)20(13(22)19-14)9-8-11-6-4-3-5-7-11/h3-7H,2,8-10H2,1H3,(H,19,22)/t14-/m1/s1. The molecule has 0 bridgehead atoms. The molecule has 0 radical (unpaired) electrons. The summed E-state index contributed by atoms with van der Waals surface area (Å²) in [4.78, 5) is 24.6. The van der Waals surface area contributed by atoms with Gasteiger partial charge in [-0.15, -0.1) is 0 Å². The molecule has 1 heterocycles. The number of amides is 3. The largest absolute Gasteiger partial charge is 0.446 e. The number of hydrogen-bond donors (Lipinski definition) is 1. The van der Waals surface area contributed by atoms with Crippen molar-refractivity contribution < 1.29 is 27.5 Å². The van der Waals surface area contributed by atoms with Crippen molar-refractivity contribution in [1.29, 1.82) is 0 Å². The number of alkyl halides is 3. The number of imide groups is 1. The summed E-state index contributed by atoms with van der Waals surface area (Å²) in [5, 5.41) is 1.67. The molecule has 1 aliphatic heterocycles. The highest BCUT2D eigenvalue weighted by Gasteiger charge is 2.69. The van der Waals surface area contributed by atoms with Crippen molar-refractivity contribution in [3.63, 3.8) is 0 Å². The van der Waals surface area contributed by atoms with Gasteiger partial charge in [-0.3, -0.25) is 15.0 Å². The van der Waals surface area contributed by atoms with Gasteiger partial charge in [-0.25, -0.2) is 4.79 Å². The minimum atomic E-state index is -5.03. The van der Waals surface area contributed by atoms with E-state index in [9.17, 15) is 22.8 Å². The second-order valence-electron chi connectivity index (χ2n) is 5.15. The maximum absolute atomic E-state index is 13.3. The molecule has 1 aromatic carbocycles. The van der Waals surface area contributed by atoms with E-state index >= 15 is 0 Å². The number of benzene rings is 1. The van der Waals surface area contributed by atoms with E-state index in [-0.39, 0.29) is 26.0 Å². The number of carbonyl (C=O) groups excluding carboxylic acids is 2. The zero-order chi connectivity index (χ0) is 17.1. The molecule has 0 aromatic heterocycles. The van der Waals surface area contributed by atoms with Crippen LogP contribution in [0.3, 0.4) is 0 Å². The van der Waals surface area contributed by atoms with Crippen LogP contribution in [0.25, 0.3) is 0 Å². The number of hydrogen-bond acceptors (Lipinski definition) is 3. The van der Waals surface area contributed by atoms with Crippen LogP contribution >= 0.6 is 0 Å². The first-order valence-electron chi connectivity index (χ1n) is 7.20. The molecule has 1 aromatic rings. The van der Waals surface area contributed by atoms with Gasteiger partial charge < -0.3 is 4.74 Å². The summed E-state index contributed by atoms with van der Waals surface area (Å²) in [6.45, 7) is 1.17. The Balaban J connectivity index is 2.16. The molecular weight excluding hydrogens is 313 g/mol. The van der Waals surface area contributed by atoms with Crippen LogP contribution in [-0.2, 0) is 16.0 Å². The van der Waals surface area contributed by atoms with Crippen LogP contribution < -0.4 is 5.32 Å². The Kier molecular flexibility index (Phi) is 4.93. The zero-order valence-corrected chi connectivity index (χ0v) is 12.5. The van der Waals surface area contributed by atoms with Crippen molar-refractivity contribution in [1.82, 2.24) is 10.2 Å². The van der Waals surface area contributed by atoms with E-state index in [2.05, 4.69) is 0 Å². The van der Waals surface area contributed by atoms with Gasteiger partial charge in [0.1, 0.15) is 0 Å². The molecule has 5 nitrogen and oxygen atoms in total. The Morgan fingerprint density at radius 3 is 2.43 bits per heavy atom. The smallest absolute Gasteiger partial charge is 0.340 e. The normalized spacial score (nSPS) is 21.7. The molecule has 3 amide bonds. The van der Waals surface area contributed by atoms with Gasteiger partial charge in [0.2, 0.25) is 0 Å². The summed E-state index contributed by atoms with van der Waals surface area (Å²) >= 11 is 0. The Morgan fingerprint density at radius 1 is 1.22 bits per heavy atom. The summed E-state index contributed by atoms with van der Waals surface area (Å²) < 4.78 is 44.7. The second-order valence-corrected chi connectivity index (χ2v) is 5.15. The van der Waals surface area contributed by atoms with Crippen molar-refractivity contribution in [2.45, 2.75) is 31.7 Å². The van der Waals surface area contributed by atoms with Crippen molar-refractivity contribution in [2.75, 3.05) is 13.2 Å². The molecule has 1 atom stereocenters. The summed E-state index contributed by atoms with van der Waals surface area (Å²) in [5.41, 5.74) is -2.47. The summed E-state index contributed by atoms with van der Waals surface area (Å²) in [5.74, 6) is -1.42. The molecule has 126 valence electrons. The summed E-state index contributed by atoms with van der Waals surface area (Å²) in [6.07, 6.45) is -4.48. The van der Waals surface area contributed by atoms with Crippen LogP contribution in [0, 0.1) is 0 Å². The molecule has 0 spiro atoms. The molecule has 0 aliphatic carbocycles. The highest BCUT2D eigenvalue weighted by molar-refractivity contribution is 6.06. The molecule has 2 rings (SSSR count). The van der Waals surface area contributed by atoms with Gasteiger partial charge >= 0.3 is 17.9 Å². The predicted octanol–water partition coefficient (Wildman–Crippen LogP) is 2.47. The van der Waals surface area contributed by atoms with Crippen molar-refractivity contribution in [3.05, 3.63) is 35.9 Å². The number of rotatable bonds is 6. The highest BCUT2D eigenvalue weighted by atomic mass is 19.4. The van der Waals surface area contributed by atoms with Gasteiger partial charge in [-0.05, 0) is 18.4 Å². The molecule has 0 saturated carbocycles. The van der Waals surface area contributed by atoms with E-state index in [1.54, 1.807) is 42.6 Å². The average molecular weight is 330 g/mol. The van der Waals surface area contributed by atoms with E-state index in [1.165, 1.54) is 0 Å². The number of nitrogens with one attached hydrogen (secondary N) is 1. The number of nitrogens with zero attached hydrogens (tertiary/aromatic N) is 1. The van der Waals surface area contributed by atoms with Crippen LogP contribution in [0.15, 0.2) is 30.3 Å². The Bertz CT molecular complexity index is 577. The third-order valence-corrected chi connectivity index (χ3v) is 3.46. The highest BCUT2D eigenvalue weighted by Crippen LogP contribution is 2.36. The third-order valence-electron chi connectivity index (χ3n) is 3.46. The molecule has 0 unspecified atom stereocenters. The zero-order valence-electron chi connectivity index (χ0n) is 12.5. The van der Waals surface area contributed by atoms with Gasteiger partial charge in [0.05, 0.1) is 6.61 Å². The lowest BCUT2D eigenvalue weighted by molar-refractivity contribution is -0.271. The molecule has 1 aliphatic rings. The fraction of sp³-hybridized carbons (Fsp3) is 0.467. The number of urea groups is 1. The van der Waals surface area contributed by atoms with E-state index in [0.29, 0.717) is 4.90 Å². The third kappa shape index (κ3) is 3.31. The Morgan fingerprint density at radius 2 is 1.87 bits per heavy atom. The minimum Gasteiger partial charge on any atom is -0.340 e. The van der Waals surface area contributed by atoms with Crippen LogP contribution in [0.1, 0.15) is 18.9 Å². The topological polar surface area (TPSA) is 58.6 Å². The second kappa shape index (κ2) is 6.57. The Labute approximate surface area is 131 Å². The SMILES string of the molecule is CCCO[C@]1(C(F)(F)F)NC(=O)N(CCc2ccccc2)C1=O. The minimum absolute atomic E-state index is 0.151. The molecule has 1 saturated heterocycles. The molecule has 23 heavy (non-hydrogen) atoms. The van der Waals surface area contributed by atoms with Crippen LogP contribution in [-0.4, -0.2) is 41.9 Å². The van der Waals surface area contributed by atoms with E-state index in [1.807, 2.05) is 0 Å². The molecule has 1 fully saturated rings. The maximum Gasteiger partial charge on any atom is 0.446 e. The number of ether oxygens (including phenoxy) is 1. The predicted molar refractivity (Wildman–Crippen MR) is 75.4 cm³/mol. The number of halogens is 3. The van der Waals surface area contributed by atoms with Crippen molar-refractivity contribution >= 4 is 11.9 Å². The van der Waals surface area contributed by atoms with Crippen LogP contribution in [0.2, 0.25) is 0 Å². The first-order valence-corrected chi connectivity index (χ1v) is 7.20. The lowest BCUT2D eigenvalue weighted by Crippen LogP contribution is -2.60. The first kappa shape index (κ1) is 17.3. The van der Waals surface area contributed by atoms with Gasteiger partial charge in [-0.1, -0.05) is 37.3 Å².